The van der Waals surface area contributed by atoms with Gasteiger partial charge in [0.05, 0.1) is 0 Å². The first kappa shape index (κ1) is 8.52. The first-order chi connectivity index (χ1) is 5.72. The Morgan fingerprint density at radius 3 is 2.58 bits per heavy atom. The van der Waals surface area contributed by atoms with Crippen molar-refractivity contribution in [1.29, 1.82) is 0 Å². The minimum absolute atomic E-state index is 0.170. The first-order valence-electron chi connectivity index (χ1n) is 5.23. The van der Waals surface area contributed by atoms with Crippen LogP contribution in [0.15, 0.2) is 0 Å². The Labute approximate surface area is 75.1 Å². The Kier molecular flexibility index (Phi) is 2.13. The Bertz CT molecular complexity index is 157. The normalized spacial score (nSPS) is 28.5. The third-order valence-electron chi connectivity index (χ3n) is 3.33. The van der Waals surface area contributed by atoms with E-state index in [1.54, 1.807) is 0 Å². The van der Waals surface area contributed by atoms with Crippen LogP contribution in [0, 0.1) is 5.92 Å². The lowest BCUT2D eigenvalue weighted by Crippen LogP contribution is -2.66. The first-order valence-corrected chi connectivity index (χ1v) is 5.23. The summed E-state index contributed by atoms with van der Waals surface area (Å²) in [4.78, 5) is 2.50. The molecule has 1 aliphatic carbocycles. The SMILES string of the molecule is CCC1(N)CN(CCC2CC2)C1. The van der Waals surface area contributed by atoms with Crippen LogP contribution in [0.2, 0.25) is 0 Å². The summed E-state index contributed by atoms with van der Waals surface area (Å²) in [5.74, 6) is 1.07. The van der Waals surface area contributed by atoms with Crippen LogP contribution >= 0.6 is 0 Å². The van der Waals surface area contributed by atoms with Crippen molar-refractivity contribution in [2.75, 3.05) is 19.6 Å². The molecule has 2 nitrogen and oxygen atoms in total. The average molecular weight is 168 g/mol. The summed E-state index contributed by atoms with van der Waals surface area (Å²) in [6, 6.07) is 0. The molecule has 2 fully saturated rings. The minimum atomic E-state index is 0.170. The number of hydrogen-bond donors (Lipinski definition) is 1. The van der Waals surface area contributed by atoms with Gasteiger partial charge in [-0.05, 0) is 25.3 Å². The van der Waals surface area contributed by atoms with E-state index >= 15 is 0 Å². The lowest BCUT2D eigenvalue weighted by atomic mass is 9.88. The van der Waals surface area contributed by atoms with Gasteiger partial charge in [-0.15, -0.1) is 0 Å². The van der Waals surface area contributed by atoms with E-state index in [0.29, 0.717) is 0 Å². The average Bonchev–Trinajstić information content (AvgIpc) is 2.79. The summed E-state index contributed by atoms with van der Waals surface area (Å²) in [6.45, 7) is 5.76. The van der Waals surface area contributed by atoms with E-state index in [2.05, 4.69) is 11.8 Å². The molecule has 0 bridgehead atoms. The smallest absolute Gasteiger partial charge is 0.0409 e. The fourth-order valence-electron chi connectivity index (χ4n) is 2.00. The van der Waals surface area contributed by atoms with Gasteiger partial charge in [-0.1, -0.05) is 19.8 Å². The predicted octanol–water partition coefficient (Wildman–Crippen LogP) is 1.21. The van der Waals surface area contributed by atoms with Gasteiger partial charge in [0.2, 0.25) is 0 Å². The molecule has 0 aromatic carbocycles. The van der Waals surface area contributed by atoms with Crippen LogP contribution in [0.5, 0.6) is 0 Å². The van der Waals surface area contributed by atoms with E-state index in [1.165, 1.54) is 25.8 Å². The molecular formula is C10H20N2. The van der Waals surface area contributed by atoms with Crippen molar-refractivity contribution in [3.63, 3.8) is 0 Å². The lowest BCUT2D eigenvalue weighted by molar-refractivity contribution is 0.0655. The van der Waals surface area contributed by atoms with Gasteiger partial charge < -0.3 is 5.73 Å². The Hall–Kier alpha value is -0.0800. The highest BCUT2D eigenvalue weighted by atomic mass is 15.2. The largest absolute Gasteiger partial charge is 0.323 e. The van der Waals surface area contributed by atoms with E-state index in [9.17, 15) is 0 Å². The molecule has 0 radical (unpaired) electrons. The van der Waals surface area contributed by atoms with E-state index in [4.69, 9.17) is 5.73 Å². The summed E-state index contributed by atoms with van der Waals surface area (Å²) in [5, 5.41) is 0. The lowest BCUT2D eigenvalue weighted by Gasteiger charge is -2.47. The van der Waals surface area contributed by atoms with Gasteiger partial charge in [-0.3, -0.25) is 4.90 Å². The molecule has 1 saturated heterocycles. The fourth-order valence-corrected chi connectivity index (χ4v) is 2.00. The topological polar surface area (TPSA) is 29.3 Å². The molecule has 1 aliphatic heterocycles. The van der Waals surface area contributed by atoms with Crippen molar-refractivity contribution < 1.29 is 0 Å². The highest BCUT2D eigenvalue weighted by Gasteiger charge is 2.37. The molecule has 2 N–H and O–H groups in total. The van der Waals surface area contributed by atoms with Crippen LogP contribution in [-0.4, -0.2) is 30.1 Å². The Balaban J connectivity index is 1.60. The predicted molar refractivity (Wildman–Crippen MR) is 51.0 cm³/mol. The molecule has 0 aromatic rings. The molecule has 0 unspecified atom stereocenters. The van der Waals surface area contributed by atoms with Gasteiger partial charge in [0.25, 0.3) is 0 Å². The molecule has 0 aromatic heterocycles. The quantitative estimate of drug-likeness (QED) is 0.683. The van der Waals surface area contributed by atoms with Gasteiger partial charge in [-0.25, -0.2) is 0 Å². The standard InChI is InChI=1S/C10H20N2/c1-2-10(11)7-12(8-10)6-5-9-3-4-9/h9H,2-8,11H2,1H3. The monoisotopic (exact) mass is 168 g/mol. The number of hydrogen-bond acceptors (Lipinski definition) is 2. The number of nitrogens with zero attached hydrogens (tertiary/aromatic N) is 1. The molecule has 2 aliphatic rings. The Morgan fingerprint density at radius 1 is 1.42 bits per heavy atom. The van der Waals surface area contributed by atoms with Gasteiger partial charge in [0, 0.05) is 18.6 Å². The van der Waals surface area contributed by atoms with Crippen molar-refractivity contribution in [2.45, 2.75) is 38.1 Å². The maximum Gasteiger partial charge on any atom is 0.0409 e. The van der Waals surface area contributed by atoms with Crippen molar-refractivity contribution in [3.8, 4) is 0 Å². The van der Waals surface area contributed by atoms with E-state index in [-0.39, 0.29) is 5.54 Å². The summed E-state index contributed by atoms with van der Waals surface area (Å²) >= 11 is 0. The molecule has 2 heteroatoms. The molecule has 0 atom stereocenters. The zero-order valence-corrected chi connectivity index (χ0v) is 8.05. The number of likely N-dealkylation sites (tertiary alicyclic amines) is 1. The summed E-state index contributed by atoms with van der Waals surface area (Å²) in [7, 11) is 0. The molecule has 0 amide bonds. The Morgan fingerprint density at radius 2 is 2.08 bits per heavy atom. The third-order valence-corrected chi connectivity index (χ3v) is 3.33. The maximum absolute atomic E-state index is 6.07. The van der Waals surface area contributed by atoms with Crippen LogP contribution in [0.4, 0.5) is 0 Å². The second-order valence-corrected chi connectivity index (χ2v) is 4.66. The second kappa shape index (κ2) is 3.00. The highest BCUT2D eigenvalue weighted by molar-refractivity contribution is 4.98. The van der Waals surface area contributed by atoms with Gasteiger partial charge in [-0.2, -0.15) is 0 Å². The van der Waals surface area contributed by atoms with Crippen LogP contribution < -0.4 is 5.73 Å². The molecule has 0 spiro atoms. The highest BCUT2D eigenvalue weighted by Crippen LogP contribution is 2.33. The van der Waals surface area contributed by atoms with Gasteiger partial charge in [0.15, 0.2) is 0 Å². The zero-order chi connectivity index (χ0) is 8.60. The molecule has 12 heavy (non-hydrogen) atoms. The van der Waals surface area contributed by atoms with Crippen LogP contribution in [0.1, 0.15) is 32.6 Å². The van der Waals surface area contributed by atoms with E-state index in [1.807, 2.05) is 0 Å². The van der Waals surface area contributed by atoms with Crippen LogP contribution in [-0.2, 0) is 0 Å². The second-order valence-electron chi connectivity index (χ2n) is 4.66. The maximum atomic E-state index is 6.07. The summed E-state index contributed by atoms with van der Waals surface area (Å²) < 4.78 is 0. The number of nitrogens with two attached hydrogens (primary N) is 1. The molecule has 1 saturated carbocycles. The molecular weight excluding hydrogens is 148 g/mol. The zero-order valence-electron chi connectivity index (χ0n) is 8.05. The van der Waals surface area contributed by atoms with Crippen molar-refractivity contribution >= 4 is 0 Å². The van der Waals surface area contributed by atoms with Crippen LogP contribution in [0.25, 0.3) is 0 Å². The van der Waals surface area contributed by atoms with E-state index in [0.717, 1.165) is 25.4 Å². The molecule has 70 valence electrons. The van der Waals surface area contributed by atoms with E-state index < -0.39 is 0 Å². The van der Waals surface area contributed by atoms with Crippen LogP contribution in [0.3, 0.4) is 0 Å². The van der Waals surface area contributed by atoms with Crippen molar-refractivity contribution in [3.05, 3.63) is 0 Å². The minimum Gasteiger partial charge on any atom is -0.323 e. The van der Waals surface area contributed by atoms with Gasteiger partial charge >= 0.3 is 0 Å². The summed E-state index contributed by atoms with van der Waals surface area (Å²) in [5.41, 5.74) is 6.24. The molecule has 1 heterocycles. The number of rotatable bonds is 4. The summed E-state index contributed by atoms with van der Waals surface area (Å²) in [6.07, 6.45) is 5.51. The van der Waals surface area contributed by atoms with Gasteiger partial charge in [0.1, 0.15) is 0 Å². The fraction of sp³-hybridized carbons (Fsp3) is 1.00. The molecule has 2 rings (SSSR count). The van der Waals surface area contributed by atoms with Crippen molar-refractivity contribution in [1.82, 2.24) is 4.90 Å². The van der Waals surface area contributed by atoms with Crippen molar-refractivity contribution in [2.24, 2.45) is 11.7 Å². The third kappa shape index (κ3) is 1.80.